The summed E-state index contributed by atoms with van der Waals surface area (Å²) in [6.07, 6.45) is 3.55. The van der Waals surface area contributed by atoms with Crippen LogP contribution in [0.25, 0.3) is 0 Å². The third-order valence-corrected chi connectivity index (χ3v) is 3.53. The van der Waals surface area contributed by atoms with Gasteiger partial charge in [0.1, 0.15) is 0 Å². The van der Waals surface area contributed by atoms with E-state index >= 15 is 0 Å². The van der Waals surface area contributed by atoms with E-state index in [4.69, 9.17) is 0 Å². The van der Waals surface area contributed by atoms with Crippen molar-refractivity contribution in [3.63, 3.8) is 0 Å². The van der Waals surface area contributed by atoms with E-state index in [0.717, 1.165) is 24.2 Å². The molecule has 5 heteroatoms. The molecule has 0 amide bonds. The molecule has 0 aliphatic rings. The maximum absolute atomic E-state index is 10.7. The lowest BCUT2D eigenvalue weighted by atomic mass is 10.1. The smallest absolute Gasteiger partial charge is 0.269 e. The van der Waals surface area contributed by atoms with E-state index in [1.165, 1.54) is 12.8 Å². The van der Waals surface area contributed by atoms with E-state index in [9.17, 15) is 10.1 Å². The molecule has 0 N–H and O–H groups in total. The molecule has 0 aromatic heterocycles. The van der Waals surface area contributed by atoms with Crippen molar-refractivity contribution in [2.24, 2.45) is 0 Å². The van der Waals surface area contributed by atoms with Crippen LogP contribution in [0.15, 0.2) is 18.2 Å². The summed E-state index contributed by atoms with van der Waals surface area (Å²) in [5.41, 5.74) is 2.17. The highest BCUT2D eigenvalue weighted by Gasteiger charge is 2.12. The Morgan fingerprint density at radius 3 is 2.67 bits per heavy atom. The number of nitrogens with zero attached hydrogens (tertiary/aromatic N) is 2. The van der Waals surface area contributed by atoms with E-state index in [1.807, 2.05) is 13.1 Å². The van der Waals surface area contributed by atoms with Crippen molar-refractivity contribution in [1.29, 1.82) is 0 Å². The highest BCUT2D eigenvalue weighted by molar-refractivity contribution is 9.08. The molecule has 4 nitrogen and oxygen atoms in total. The van der Waals surface area contributed by atoms with E-state index in [-0.39, 0.29) is 10.6 Å². The molecule has 0 aliphatic heterocycles. The van der Waals surface area contributed by atoms with Crippen LogP contribution < -0.4 is 4.90 Å². The van der Waals surface area contributed by atoms with Crippen LogP contribution >= 0.6 is 15.9 Å². The first-order chi connectivity index (χ1) is 8.60. The van der Waals surface area contributed by atoms with E-state index in [2.05, 4.69) is 27.8 Å². The Balaban J connectivity index is 2.84. The van der Waals surface area contributed by atoms with E-state index in [0.29, 0.717) is 5.33 Å². The van der Waals surface area contributed by atoms with Gasteiger partial charge >= 0.3 is 0 Å². The molecule has 0 aliphatic carbocycles. The minimum Gasteiger partial charge on any atom is -0.374 e. The molecule has 0 unspecified atom stereocenters. The Morgan fingerprint density at radius 2 is 2.11 bits per heavy atom. The van der Waals surface area contributed by atoms with Crippen LogP contribution in [0.1, 0.15) is 31.7 Å². The van der Waals surface area contributed by atoms with Gasteiger partial charge in [-0.1, -0.05) is 35.7 Å². The van der Waals surface area contributed by atoms with Gasteiger partial charge in [-0.15, -0.1) is 0 Å². The summed E-state index contributed by atoms with van der Waals surface area (Å²) in [6, 6.07) is 5.04. The van der Waals surface area contributed by atoms with Crippen molar-refractivity contribution in [3.8, 4) is 0 Å². The molecule has 0 saturated carbocycles. The summed E-state index contributed by atoms with van der Waals surface area (Å²) in [6.45, 7) is 3.15. The lowest BCUT2D eigenvalue weighted by Crippen LogP contribution is -2.19. The van der Waals surface area contributed by atoms with Crippen molar-refractivity contribution < 1.29 is 4.92 Å². The molecule has 1 rings (SSSR count). The molecular weight excluding hydrogens is 296 g/mol. The average Bonchev–Trinajstić information content (AvgIpc) is 2.38. The number of nitro benzene ring substituents is 1. The second-order valence-corrected chi connectivity index (χ2v) is 4.89. The Hall–Kier alpha value is -1.10. The number of rotatable bonds is 7. The van der Waals surface area contributed by atoms with Gasteiger partial charge in [0.05, 0.1) is 4.92 Å². The molecule has 0 fully saturated rings. The van der Waals surface area contributed by atoms with Gasteiger partial charge in [-0.25, -0.2) is 0 Å². The van der Waals surface area contributed by atoms with Gasteiger partial charge in [-0.05, 0) is 18.1 Å². The molecule has 0 spiro atoms. The molecule has 1 aromatic rings. The van der Waals surface area contributed by atoms with Gasteiger partial charge in [-0.2, -0.15) is 0 Å². The summed E-state index contributed by atoms with van der Waals surface area (Å²) in [5.74, 6) is 0. The lowest BCUT2D eigenvalue weighted by molar-refractivity contribution is -0.384. The number of benzene rings is 1. The van der Waals surface area contributed by atoms with Crippen molar-refractivity contribution in [2.75, 3.05) is 18.5 Å². The Bertz CT molecular complexity index is 410. The normalized spacial score (nSPS) is 10.4. The van der Waals surface area contributed by atoms with Crippen LogP contribution in [0.4, 0.5) is 11.4 Å². The molecule has 0 bridgehead atoms. The third kappa shape index (κ3) is 3.98. The number of unbranched alkanes of at least 4 members (excludes halogenated alkanes) is 2. The van der Waals surface area contributed by atoms with Crippen molar-refractivity contribution in [1.82, 2.24) is 0 Å². The van der Waals surface area contributed by atoms with Crippen LogP contribution in [0.5, 0.6) is 0 Å². The van der Waals surface area contributed by atoms with Crippen molar-refractivity contribution >= 4 is 27.3 Å². The summed E-state index contributed by atoms with van der Waals surface area (Å²) < 4.78 is 0. The summed E-state index contributed by atoms with van der Waals surface area (Å²) >= 11 is 3.39. The van der Waals surface area contributed by atoms with Gasteiger partial charge in [0.25, 0.3) is 5.69 Å². The highest BCUT2D eigenvalue weighted by atomic mass is 79.9. The van der Waals surface area contributed by atoms with Crippen LogP contribution in [0, 0.1) is 10.1 Å². The molecule has 0 heterocycles. The monoisotopic (exact) mass is 314 g/mol. The molecule has 0 radical (unpaired) electrons. The number of nitro groups is 1. The zero-order valence-electron chi connectivity index (χ0n) is 10.9. The topological polar surface area (TPSA) is 46.4 Å². The zero-order chi connectivity index (χ0) is 13.5. The number of hydrogen-bond donors (Lipinski definition) is 0. The predicted molar refractivity (Wildman–Crippen MR) is 78.5 cm³/mol. The first-order valence-electron chi connectivity index (χ1n) is 6.14. The van der Waals surface area contributed by atoms with Crippen molar-refractivity contribution in [2.45, 2.75) is 31.5 Å². The highest BCUT2D eigenvalue weighted by Crippen LogP contribution is 2.26. The van der Waals surface area contributed by atoms with Crippen LogP contribution in [0.2, 0.25) is 0 Å². The first kappa shape index (κ1) is 15.0. The number of alkyl halides is 1. The van der Waals surface area contributed by atoms with Crippen LogP contribution in [0.3, 0.4) is 0 Å². The lowest BCUT2D eigenvalue weighted by Gasteiger charge is -2.21. The number of anilines is 1. The van der Waals surface area contributed by atoms with E-state index in [1.54, 1.807) is 12.1 Å². The van der Waals surface area contributed by atoms with Gasteiger partial charge < -0.3 is 4.90 Å². The minimum atomic E-state index is -0.354. The summed E-state index contributed by atoms with van der Waals surface area (Å²) in [7, 11) is 2.03. The number of halogens is 1. The van der Waals surface area contributed by atoms with Crippen LogP contribution in [-0.2, 0) is 5.33 Å². The predicted octanol–water partition coefficient (Wildman–Crippen LogP) is 4.12. The number of hydrogen-bond acceptors (Lipinski definition) is 3. The molecular formula is C13H19BrN2O2. The maximum atomic E-state index is 10.7. The summed E-state index contributed by atoms with van der Waals surface area (Å²) in [5, 5.41) is 11.4. The van der Waals surface area contributed by atoms with Gasteiger partial charge in [0.2, 0.25) is 0 Å². The van der Waals surface area contributed by atoms with Gasteiger partial charge in [0, 0.05) is 36.7 Å². The minimum absolute atomic E-state index is 0.148. The second-order valence-electron chi connectivity index (χ2n) is 4.33. The fourth-order valence-electron chi connectivity index (χ4n) is 1.88. The molecule has 1 aromatic carbocycles. The SMILES string of the molecule is CCCCCN(C)c1ccc([N+](=O)[O-])cc1CBr. The standard InChI is InChI=1S/C13H19BrN2O2/c1-3-4-5-8-15(2)13-7-6-12(16(17)18)9-11(13)10-14/h6-7,9H,3-5,8,10H2,1-2H3. The first-order valence-corrected chi connectivity index (χ1v) is 7.26. The fraction of sp³-hybridized carbons (Fsp3) is 0.538. The maximum Gasteiger partial charge on any atom is 0.269 e. The quantitative estimate of drug-likeness (QED) is 0.329. The molecule has 100 valence electrons. The Morgan fingerprint density at radius 1 is 1.39 bits per heavy atom. The zero-order valence-corrected chi connectivity index (χ0v) is 12.4. The largest absolute Gasteiger partial charge is 0.374 e. The molecule has 18 heavy (non-hydrogen) atoms. The van der Waals surface area contributed by atoms with Gasteiger partial charge in [-0.3, -0.25) is 10.1 Å². The molecule has 0 atom stereocenters. The number of non-ortho nitro benzene ring substituents is 1. The van der Waals surface area contributed by atoms with Crippen LogP contribution in [-0.4, -0.2) is 18.5 Å². The second kappa shape index (κ2) is 7.36. The van der Waals surface area contributed by atoms with E-state index < -0.39 is 0 Å². The average molecular weight is 315 g/mol. The van der Waals surface area contributed by atoms with Crippen molar-refractivity contribution in [3.05, 3.63) is 33.9 Å². The Kier molecular flexibility index (Phi) is 6.12. The third-order valence-electron chi connectivity index (χ3n) is 2.93. The summed E-state index contributed by atoms with van der Waals surface area (Å²) in [4.78, 5) is 12.5. The Labute approximate surface area is 116 Å². The fourth-order valence-corrected chi connectivity index (χ4v) is 2.33. The molecule has 0 saturated heterocycles. The van der Waals surface area contributed by atoms with Gasteiger partial charge in [0.15, 0.2) is 0 Å².